The molecule has 2 amide bonds. The van der Waals surface area contributed by atoms with Gasteiger partial charge in [0.05, 0.1) is 5.02 Å². The van der Waals surface area contributed by atoms with Gasteiger partial charge in [0.15, 0.2) is 6.61 Å². The molecule has 0 radical (unpaired) electrons. The smallest absolute Gasteiger partial charge is 0.261 e. The molecule has 0 aliphatic rings. The normalized spacial score (nSPS) is 11.8. The van der Waals surface area contributed by atoms with Gasteiger partial charge in [0, 0.05) is 22.6 Å². The fourth-order valence-electron chi connectivity index (χ4n) is 2.68. The van der Waals surface area contributed by atoms with Crippen LogP contribution in [-0.2, 0) is 16.1 Å². The summed E-state index contributed by atoms with van der Waals surface area (Å²) in [5.74, 6) is 0.149. The van der Waals surface area contributed by atoms with Crippen LogP contribution >= 0.6 is 39.1 Å². The quantitative estimate of drug-likeness (QED) is 0.491. The van der Waals surface area contributed by atoms with E-state index in [-0.39, 0.29) is 25.0 Å². The van der Waals surface area contributed by atoms with E-state index in [1.165, 1.54) is 4.90 Å². The number of hydrogen-bond acceptors (Lipinski definition) is 3. The molecule has 0 spiro atoms. The zero-order valence-corrected chi connectivity index (χ0v) is 20.2. The van der Waals surface area contributed by atoms with Crippen LogP contribution in [0.25, 0.3) is 0 Å². The Balaban J connectivity index is 2.15. The van der Waals surface area contributed by atoms with Crippen molar-refractivity contribution in [3.63, 3.8) is 0 Å². The Hall–Kier alpha value is -1.76. The molecule has 2 rings (SSSR count). The van der Waals surface area contributed by atoms with Crippen molar-refractivity contribution in [2.24, 2.45) is 5.92 Å². The van der Waals surface area contributed by atoms with Crippen LogP contribution in [0.5, 0.6) is 5.75 Å². The second kappa shape index (κ2) is 11.6. The molecule has 0 aliphatic carbocycles. The molecule has 0 saturated carbocycles. The average molecular weight is 516 g/mol. The second-order valence-electron chi connectivity index (χ2n) is 7.33. The zero-order valence-electron chi connectivity index (χ0n) is 17.1. The highest BCUT2D eigenvalue weighted by molar-refractivity contribution is 9.10. The first-order valence-corrected chi connectivity index (χ1v) is 11.1. The summed E-state index contributed by atoms with van der Waals surface area (Å²) in [6.45, 7) is 6.24. The minimum absolute atomic E-state index is 0.222. The summed E-state index contributed by atoms with van der Waals surface area (Å²) in [7, 11) is 0. The van der Waals surface area contributed by atoms with Crippen molar-refractivity contribution in [2.75, 3.05) is 13.2 Å². The molecule has 0 bridgehead atoms. The molecule has 0 aromatic heterocycles. The summed E-state index contributed by atoms with van der Waals surface area (Å²) in [5, 5.41) is 3.83. The lowest BCUT2D eigenvalue weighted by molar-refractivity contribution is -0.142. The first kappa shape index (κ1) is 24.5. The predicted molar refractivity (Wildman–Crippen MR) is 124 cm³/mol. The van der Waals surface area contributed by atoms with Gasteiger partial charge >= 0.3 is 0 Å². The fraction of sp³-hybridized carbons (Fsp3) is 0.364. The van der Waals surface area contributed by atoms with Crippen molar-refractivity contribution in [2.45, 2.75) is 33.4 Å². The zero-order chi connectivity index (χ0) is 22.3. The van der Waals surface area contributed by atoms with E-state index >= 15 is 0 Å². The first-order valence-electron chi connectivity index (χ1n) is 9.57. The second-order valence-corrected chi connectivity index (χ2v) is 9.09. The number of hydrogen-bond donors (Lipinski definition) is 1. The maximum Gasteiger partial charge on any atom is 0.261 e. The van der Waals surface area contributed by atoms with Gasteiger partial charge in [-0.3, -0.25) is 9.59 Å². The third-order valence-corrected chi connectivity index (χ3v) is 5.36. The number of ether oxygens (including phenoxy) is 1. The number of nitrogens with zero attached hydrogens (tertiary/aromatic N) is 1. The minimum atomic E-state index is -0.681. The lowest BCUT2D eigenvalue weighted by Gasteiger charge is -2.29. The molecule has 162 valence electrons. The van der Waals surface area contributed by atoms with Crippen LogP contribution < -0.4 is 10.1 Å². The summed E-state index contributed by atoms with van der Waals surface area (Å²) in [6.07, 6.45) is 0. The summed E-state index contributed by atoms with van der Waals surface area (Å²) in [5.41, 5.74) is 0.820. The highest BCUT2D eigenvalue weighted by Gasteiger charge is 2.26. The van der Waals surface area contributed by atoms with Gasteiger partial charge in [-0.2, -0.15) is 0 Å². The van der Waals surface area contributed by atoms with Crippen LogP contribution in [0.3, 0.4) is 0 Å². The third kappa shape index (κ3) is 7.49. The number of halogens is 3. The number of benzene rings is 2. The maximum absolute atomic E-state index is 13.0. The Bertz CT molecular complexity index is 892. The molecule has 1 atom stereocenters. The number of carbonyl (C=O) groups excluding carboxylic acids is 2. The average Bonchev–Trinajstić information content (AvgIpc) is 2.68. The van der Waals surface area contributed by atoms with Crippen molar-refractivity contribution in [3.05, 3.63) is 62.5 Å². The summed E-state index contributed by atoms with van der Waals surface area (Å²) < 4.78 is 6.43. The molecule has 8 heteroatoms. The topological polar surface area (TPSA) is 58.6 Å². The number of rotatable bonds is 9. The molecule has 0 fully saturated rings. The van der Waals surface area contributed by atoms with Crippen LogP contribution in [-0.4, -0.2) is 35.9 Å². The minimum Gasteiger partial charge on any atom is -0.482 e. The molecule has 0 unspecified atom stereocenters. The number of amides is 2. The van der Waals surface area contributed by atoms with Crippen LogP contribution in [0.15, 0.2) is 46.9 Å². The molecule has 0 aliphatic heterocycles. The Labute approximate surface area is 195 Å². The van der Waals surface area contributed by atoms with Gasteiger partial charge in [-0.15, -0.1) is 0 Å². The van der Waals surface area contributed by atoms with E-state index in [4.69, 9.17) is 27.9 Å². The van der Waals surface area contributed by atoms with Crippen LogP contribution in [0.1, 0.15) is 26.3 Å². The van der Waals surface area contributed by atoms with E-state index in [1.54, 1.807) is 37.3 Å². The van der Waals surface area contributed by atoms with Gasteiger partial charge in [-0.25, -0.2) is 0 Å². The van der Waals surface area contributed by atoms with Crippen molar-refractivity contribution in [1.82, 2.24) is 10.2 Å². The SMILES string of the molecule is CC(C)CNC(=O)[C@@H](C)N(Cc1cccc(Cl)c1)C(=O)COc1ccc(Br)cc1Cl. The Kier molecular flexibility index (Phi) is 9.46. The summed E-state index contributed by atoms with van der Waals surface area (Å²) in [4.78, 5) is 27.1. The first-order chi connectivity index (χ1) is 14.2. The van der Waals surface area contributed by atoms with Gasteiger partial charge in [-0.1, -0.05) is 65.1 Å². The van der Waals surface area contributed by atoms with Crippen molar-refractivity contribution < 1.29 is 14.3 Å². The van der Waals surface area contributed by atoms with Gasteiger partial charge in [-0.05, 0) is 48.7 Å². The lowest BCUT2D eigenvalue weighted by atomic mass is 10.1. The standard InChI is InChI=1S/C22H25BrCl2N2O3/c1-14(2)11-26-22(29)15(3)27(12-16-5-4-6-18(24)9-16)21(28)13-30-20-8-7-17(23)10-19(20)25/h4-10,14-15H,11-13H2,1-3H3,(H,26,29)/t15-/m1/s1. The molecule has 0 heterocycles. The summed E-state index contributed by atoms with van der Waals surface area (Å²) >= 11 is 15.6. The molecule has 30 heavy (non-hydrogen) atoms. The lowest BCUT2D eigenvalue weighted by Crippen LogP contribution is -2.49. The molecular formula is C22H25BrCl2N2O3. The van der Waals surface area contributed by atoms with Gasteiger partial charge in [0.2, 0.25) is 5.91 Å². The van der Waals surface area contributed by atoms with Gasteiger partial charge < -0.3 is 15.0 Å². The summed E-state index contributed by atoms with van der Waals surface area (Å²) in [6, 6.07) is 11.7. The molecular weight excluding hydrogens is 491 g/mol. The Morgan fingerprint density at radius 3 is 2.50 bits per heavy atom. The molecule has 2 aromatic carbocycles. The van der Waals surface area contributed by atoms with Crippen LogP contribution in [0.2, 0.25) is 10.0 Å². The van der Waals surface area contributed by atoms with E-state index in [9.17, 15) is 9.59 Å². The van der Waals surface area contributed by atoms with E-state index in [0.717, 1.165) is 10.0 Å². The molecule has 5 nitrogen and oxygen atoms in total. The van der Waals surface area contributed by atoms with Gasteiger partial charge in [0.1, 0.15) is 11.8 Å². The number of carbonyl (C=O) groups is 2. The van der Waals surface area contributed by atoms with Crippen molar-refractivity contribution in [1.29, 1.82) is 0 Å². The Morgan fingerprint density at radius 1 is 1.13 bits per heavy atom. The predicted octanol–water partition coefficient (Wildman–Crippen LogP) is 5.32. The van der Waals surface area contributed by atoms with Crippen LogP contribution in [0.4, 0.5) is 0 Å². The van der Waals surface area contributed by atoms with Crippen molar-refractivity contribution in [3.8, 4) is 5.75 Å². The Morgan fingerprint density at radius 2 is 1.87 bits per heavy atom. The monoisotopic (exact) mass is 514 g/mol. The van der Waals surface area contributed by atoms with E-state index in [0.29, 0.717) is 28.3 Å². The third-order valence-electron chi connectivity index (χ3n) is 4.34. The number of nitrogens with one attached hydrogen (secondary N) is 1. The molecule has 0 saturated heterocycles. The molecule has 1 N–H and O–H groups in total. The van der Waals surface area contributed by atoms with Gasteiger partial charge in [0.25, 0.3) is 5.91 Å². The largest absolute Gasteiger partial charge is 0.482 e. The van der Waals surface area contributed by atoms with E-state index < -0.39 is 6.04 Å². The highest BCUT2D eigenvalue weighted by atomic mass is 79.9. The van der Waals surface area contributed by atoms with Crippen molar-refractivity contribution >= 4 is 50.9 Å². The van der Waals surface area contributed by atoms with Crippen LogP contribution in [0, 0.1) is 5.92 Å². The maximum atomic E-state index is 13.0. The van der Waals surface area contributed by atoms with E-state index in [1.807, 2.05) is 26.0 Å². The van der Waals surface area contributed by atoms with E-state index in [2.05, 4.69) is 21.2 Å². The molecule has 2 aromatic rings. The fourth-order valence-corrected chi connectivity index (χ4v) is 3.62. The highest BCUT2D eigenvalue weighted by Crippen LogP contribution is 2.27.